The van der Waals surface area contributed by atoms with Crippen molar-refractivity contribution in [1.29, 1.82) is 0 Å². The minimum absolute atomic E-state index is 0.00658. The Labute approximate surface area is 124 Å². The number of halogens is 2. The molecular weight excluding hydrogens is 298 g/mol. The Morgan fingerprint density at radius 3 is 2.86 bits per heavy atom. The summed E-state index contributed by atoms with van der Waals surface area (Å²) >= 11 is 0.242. The second-order valence-corrected chi connectivity index (χ2v) is 4.90. The van der Waals surface area contributed by atoms with Crippen molar-refractivity contribution in [2.75, 3.05) is 12.4 Å². The highest BCUT2D eigenvalue weighted by Gasteiger charge is 2.16. The average molecular weight is 310 g/mol. The van der Waals surface area contributed by atoms with Gasteiger partial charge in [-0.3, -0.25) is 4.79 Å². The van der Waals surface area contributed by atoms with Crippen LogP contribution >= 0.6 is 11.8 Å². The van der Waals surface area contributed by atoms with Gasteiger partial charge in [0, 0.05) is 18.0 Å². The molecule has 1 aromatic carbocycles. The molecule has 0 aliphatic heterocycles. The number of carbonyl (C=O) groups is 1. The lowest BCUT2D eigenvalue weighted by atomic mass is 10.2. The Balaban J connectivity index is 2.20. The van der Waals surface area contributed by atoms with Crippen molar-refractivity contribution in [3.8, 4) is 5.75 Å². The Kier molecular flexibility index (Phi) is 5.10. The molecule has 110 valence electrons. The fourth-order valence-electron chi connectivity index (χ4n) is 1.64. The molecule has 0 atom stereocenters. The van der Waals surface area contributed by atoms with Crippen LogP contribution in [0.1, 0.15) is 10.4 Å². The molecule has 0 aliphatic rings. The van der Waals surface area contributed by atoms with Gasteiger partial charge in [-0.1, -0.05) is 6.07 Å². The van der Waals surface area contributed by atoms with Crippen LogP contribution < -0.4 is 10.1 Å². The highest BCUT2D eigenvalue weighted by atomic mass is 32.2. The van der Waals surface area contributed by atoms with Crippen LogP contribution in [0.15, 0.2) is 47.6 Å². The van der Waals surface area contributed by atoms with Gasteiger partial charge in [-0.05, 0) is 36.0 Å². The van der Waals surface area contributed by atoms with E-state index in [0.717, 1.165) is 0 Å². The van der Waals surface area contributed by atoms with Crippen molar-refractivity contribution >= 4 is 23.4 Å². The molecule has 1 aromatic heterocycles. The van der Waals surface area contributed by atoms with E-state index in [9.17, 15) is 13.6 Å². The maximum atomic E-state index is 12.5. The van der Waals surface area contributed by atoms with Crippen molar-refractivity contribution < 1.29 is 18.3 Å². The van der Waals surface area contributed by atoms with Gasteiger partial charge >= 0.3 is 0 Å². The molecule has 0 saturated heterocycles. The number of ether oxygens (including phenoxy) is 1. The van der Waals surface area contributed by atoms with Crippen LogP contribution in [-0.2, 0) is 0 Å². The molecule has 2 aromatic rings. The Morgan fingerprint density at radius 2 is 2.14 bits per heavy atom. The number of anilines is 1. The summed E-state index contributed by atoms with van der Waals surface area (Å²) in [4.78, 5) is 16.0. The minimum atomic E-state index is -2.64. The number of alkyl halides is 2. The maximum Gasteiger partial charge on any atom is 0.290 e. The molecule has 1 N–H and O–H groups in total. The number of thioether (sulfide) groups is 1. The van der Waals surface area contributed by atoms with Gasteiger partial charge in [-0.25, -0.2) is 4.98 Å². The lowest BCUT2D eigenvalue weighted by Gasteiger charge is -2.09. The topological polar surface area (TPSA) is 51.2 Å². The van der Waals surface area contributed by atoms with E-state index in [1.54, 1.807) is 24.3 Å². The third kappa shape index (κ3) is 4.16. The molecule has 1 amide bonds. The van der Waals surface area contributed by atoms with E-state index in [1.165, 1.54) is 25.4 Å². The highest BCUT2D eigenvalue weighted by molar-refractivity contribution is 7.99. The molecule has 0 fully saturated rings. The Hall–Kier alpha value is -2.15. The summed E-state index contributed by atoms with van der Waals surface area (Å²) in [7, 11) is 1.51. The first-order valence-corrected chi connectivity index (χ1v) is 6.83. The SMILES string of the molecule is COc1cccc(NC(=O)c2cccnc2SC(F)F)c1. The molecule has 0 aliphatic carbocycles. The fraction of sp³-hybridized carbons (Fsp3) is 0.143. The number of carbonyl (C=O) groups excluding carboxylic acids is 1. The maximum absolute atomic E-state index is 12.5. The predicted octanol–water partition coefficient (Wildman–Crippen LogP) is 3.66. The normalized spacial score (nSPS) is 10.5. The smallest absolute Gasteiger partial charge is 0.290 e. The molecule has 1 heterocycles. The molecule has 0 bridgehead atoms. The molecule has 21 heavy (non-hydrogen) atoms. The minimum Gasteiger partial charge on any atom is -0.497 e. The van der Waals surface area contributed by atoms with E-state index in [-0.39, 0.29) is 22.4 Å². The van der Waals surface area contributed by atoms with Gasteiger partial charge < -0.3 is 10.1 Å². The van der Waals surface area contributed by atoms with E-state index < -0.39 is 11.7 Å². The quantitative estimate of drug-likeness (QED) is 0.856. The van der Waals surface area contributed by atoms with Gasteiger partial charge in [0.1, 0.15) is 10.8 Å². The first kappa shape index (κ1) is 15.2. The zero-order valence-electron chi connectivity index (χ0n) is 11.0. The molecular formula is C14H12F2N2O2S. The summed E-state index contributed by atoms with van der Waals surface area (Å²) in [6.07, 6.45) is 1.37. The summed E-state index contributed by atoms with van der Waals surface area (Å²) < 4.78 is 30.0. The second kappa shape index (κ2) is 7.03. The van der Waals surface area contributed by atoms with E-state index in [2.05, 4.69) is 10.3 Å². The van der Waals surface area contributed by atoms with Gasteiger partial charge in [0.25, 0.3) is 11.7 Å². The zero-order valence-corrected chi connectivity index (χ0v) is 11.9. The largest absolute Gasteiger partial charge is 0.497 e. The van der Waals surface area contributed by atoms with Gasteiger partial charge in [0.15, 0.2) is 0 Å². The fourth-order valence-corrected chi connectivity index (χ4v) is 2.22. The molecule has 2 rings (SSSR count). The van der Waals surface area contributed by atoms with Crippen molar-refractivity contribution in [1.82, 2.24) is 4.98 Å². The van der Waals surface area contributed by atoms with Crippen molar-refractivity contribution in [2.24, 2.45) is 0 Å². The number of amides is 1. The summed E-state index contributed by atoms with van der Waals surface area (Å²) in [6.45, 7) is 0. The number of rotatable bonds is 5. The molecule has 0 spiro atoms. The van der Waals surface area contributed by atoms with E-state index in [4.69, 9.17) is 4.74 Å². The number of nitrogens with zero attached hydrogens (tertiary/aromatic N) is 1. The van der Waals surface area contributed by atoms with Crippen LogP contribution in [0.3, 0.4) is 0 Å². The van der Waals surface area contributed by atoms with E-state index >= 15 is 0 Å². The van der Waals surface area contributed by atoms with E-state index in [0.29, 0.717) is 11.4 Å². The monoisotopic (exact) mass is 310 g/mol. The first-order valence-electron chi connectivity index (χ1n) is 5.95. The van der Waals surface area contributed by atoms with Crippen LogP contribution in [0.5, 0.6) is 5.75 Å². The average Bonchev–Trinajstić information content (AvgIpc) is 2.47. The van der Waals surface area contributed by atoms with Gasteiger partial charge in [0.05, 0.1) is 12.7 Å². The summed E-state index contributed by atoms with van der Waals surface area (Å²) in [5, 5.41) is 2.62. The van der Waals surface area contributed by atoms with Crippen LogP contribution in [-0.4, -0.2) is 23.8 Å². The lowest BCUT2D eigenvalue weighted by molar-refractivity contribution is 0.102. The lowest BCUT2D eigenvalue weighted by Crippen LogP contribution is -2.13. The third-order valence-electron chi connectivity index (χ3n) is 2.54. The molecule has 0 saturated carbocycles. The number of benzene rings is 1. The number of hydrogen-bond acceptors (Lipinski definition) is 4. The molecule has 0 unspecified atom stereocenters. The van der Waals surface area contributed by atoms with Gasteiger partial charge in [-0.15, -0.1) is 0 Å². The second-order valence-electron chi connectivity index (χ2n) is 3.92. The number of methoxy groups -OCH3 is 1. The third-order valence-corrected chi connectivity index (χ3v) is 3.27. The predicted molar refractivity (Wildman–Crippen MR) is 77.0 cm³/mol. The Bertz CT molecular complexity index is 638. The number of nitrogens with one attached hydrogen (secondary N) is 1. The van der Waals surface area contributed by atoms with Crippen LogP contribution in [0, 0.1) is 0 Å². The molecule has 4 nitrogen and oxygen atoms in total. The standard InChI is InChI=1S/C14H12F2N2O2S/c1-20-10-5-2-4-9(8-10)18-12(19)11-6-3-7-17-13(11)21-14(15)16/h2-8,14H,1H3,(H,18,19). The highest BCUT2D eigenvalue weighted by Crippen LogP contribution is 2.27. The number of hydrogen-bond donors (Lipinski definition) is 1. The van der Waals surface area contributed by atoms with Gasteiger partial charge in [-0.2, -0.15) is 8.78 Å². The Morgan fingerprint density at radius 1 is 1.33 bits per heavy atom. The summed E-state index contributed by atoms with van der Waals surface area (Å²) in [5.74, 6) is -2.55. The van der Waals surface area contributed by atoms with Crippen LogP contribution in [0.4, 0.5) is 14.5 Å². The van der Waals surface area contributed by atoms with Crippen molar-refractivity contribution in [3.05, 3.63) is 48.2 Å². The number of pyridine rings is 1. The van der Waals surface area contributed by atoms with Crippen LogP contribution in [0.25, 0.3) is 0 Å². The van der Waals surface area contributed by atoms with Crippen molar-refractivity contribution in [2.45, 2.75) is 10.8 Å². The molecule has 7 heteroatoms. The summed E-state index contributed by atoms with van der Waals surface area (Å²) in [5.41, 5.74) is 0.613. The molecule has 0 radical (unpaired) electrons. The zero-order chi connectivity index (χ0) is 15.2. The van der Waals surface area contributed by atoms with E-state index in [1.807, 2.05) is 0 Å². The number of aromatic nitrogens is 1. The summed E-state index contributed by atoms with van der Waals surface area (Å²) in [6, 6.07) is 9.73. The van der Waals surface area contributed by atoms with Crippen LogP contribution in [0.2, 0.25) is 0 Å². The van der Waals surface area contributed by atoms with Gasteiger partial charge in [0.2, 0.25) is 0 Å². The first-order chi connectivity index (χ1) is 10.1. The van der Waals surface area contributed by atoms with Crippen molar-refractivity contribution in [3.63, 3.8) is 0 Å².